The van der Waals surface area contributed by atoms with Crippen molar-refractivity contribution in [3.05, 3.63) is 0 Å². The minimum absolute atomic E-state index is 0.0451. The molecule has 0 radical (unpaired) electrons. The number of aliphatic hydroxyl groups excluding tert-OH is 6. The lowest BCUT2D eigenvalue weighted by Gasteiger charge is -2.16. The van der Waals surface area contributed by atoms with Crippen molar-refractivity contribution in [3.63, 3.8) is 0 Å². The van der Waals surface area contributed by atoms with Crippen molar-refractivity contribution in [2.75, 3.05) is 39.6 Å². The second-order valence-corrected chi connectivity index (χ2v) is 6.08. The predicted molar refractivity (Wildman–Crippen MR) is 99.3 cm³/mol. The number of hydrogen-bond acceptors (Lipinski definition) is 8. The largest absolute Gasteiger partial charge is 0.481 e. The maximum atomic E-state index is 9.90. The molecule has 0 aromatic rings. The van der Waals surface area contributed by atoms with Gasteiger partial charge in [0.1, 0.15) is 0 Å². The van der Waals surface area contributed by atoms with Gasteiger partial charge >= 0.3 is 11.9 Å². The van der Waals surface area contributed by atoms with Crippen LogP contribution in [0.15, 0.2) is 0 Å². The van der Waals surface area contributed by atoms with E-state index in [9.17, 15) is 9.59 Å². The van der Waals surface area contributed by atoms with E-state index in [1.165, 1.54) is 0 Å². The average Bonchev–Trinajstić information content (AvgIpc) is 2.64. The Bertz CT molecular complexity index is 280. The van der Waals surface area contributed by atoms with Gasteiger partial charge in [-0.05, 0) is 25.7 Å². The van der Waals surface area contributed by atoms with Gasteiger partial charge in [0.15, 0.2) is 0 Å². The molecule has 0 aromatic heterocycles. The highest BCUT2D eigenvalue weighted by Crippen LogP contribution is 2.10. The molecule has 27 heavy (non-hydrogen) atoms. The molecule has 0 aliphatic rings. The molecule has 0 bridgehead atoms. The molecule has 0 saturated carbocycles. The van der Waals surface area contributed by atoms with Crippen molar-refractivity contribution in [2.45, 2.75) is 52.4 Å². The Morgan fingerprint density at radius 1 is 0.593 bits per heavy atom. The highest BCUT2D eigenvalue weighted by atomic mass is 16.4. The van der Waals surface area contributed by atoms with E-state index in [0.29, 0.717) is 12.8 Å². The highest BCUT2D eigenvalue weighted by molar-refractivity contribution is 5.67. The van der Waals surface area contributed by atoms with Crippen molar-refractivity contribution < 1.29 is 50.4 Å². The summed E-state index contributed by atoms with van der Waals surface area (Å²) in [5.74, 6) is -1.74. The molecular weight excluding hydrogens is 364 g/mol. The number of aliphatic hydroxyl groups is 6. The number of rotatable bonds is 11. The van der Waals surface area contributed by atoms with Crippen LogP contribution >= 0.6 is 0 Å². The van der Waals surface area contributed by atoms with E-state index >= 15 is 0 Å². The summed E-state index contributed by atoms with van der Waals surface area (Å²) < 4.78 is 0. The molecule has 0 aliphatic carbocycles. The Labute approximate surface area is 160 Å². The molecule has 0 atom stereocenters. The lowest BCUT2D eigenvalue weighted by Crippen LogP contribution is -2.20. The fourth-order valence-electron chi connectivity index (χ4n) is 0.826. The second kappa shape index (κ2) is 26.9. The van der Waals surface area contributed by atoms with Crippen molar-refractivity contribution in [2.24, 2.45) is 5.41 Å². The summed E-state index contributed by atoms with van der Waals surface area (Å²) in [6.07, 6.45) is 2.46. The Morgan fingerprint density at radius 2 is 0.889 bits per heavy atom. The van der Waals surface area contributed by atoms with Crippen LogP contribution in [-0.4, -0.2) is 92.4 Å². The first kappa shape index (κ1) is 33.3. The monoisotopic (exact) mass is 402 g/mol. The van der Waals surface area contributed by atoms with Gasteiger partial charge in [-0.1, -0.05) is 13.8 Å². The Morgan fingerprint density at radius 3 is 1.00 bits per heavy atom. The van der Waals surface area contributed by atoms with Crippen LogP contribution in [0.3, 0.4) is 0 Å². The van der Waals surface area contributed by atoms with Crippen molar-refractivity contribution in [1.82, 2.24) is 0 Å². The molecule has 166 valence electrons. The number of carboxylic acids is 2. The summed E-state index contributed by atoms with van der Waals surface area (Å²) >= 11 is 0. The molecule has 0 aromatic carbocycles. The molecule has 0 fully saturated rings. The zero-order chi connectivity index (χ0) is 22.1. The van der Waals surface area contributed by atoms with Gasteiger partial charge in [0, 0.05) is 31.5 Å². The summed E-state index contributed by atoms with van der Waals surface area (Å²) in [7, 11) is 0. The fraction of sp³-hybridized carbons (Fsp3) is 0.882. The average molecular weight is 402 g/mol. The van der Waals surface area contributed by atoms with Gasteiger partial charge in [-0.15, -0.1) is 0 Å². The summed E-state index contributed by atoms with van der Waals surface area (Å²) in [6.45, 7) is 3.83. The van der Waals surface area contributed by atoms with E-state index in [4.69, 9.17) is 40.9 Å². The lowest BCUT2D eigenvalue weighted by molar-refractivity contribution is -0.139. The predicted octanol–water partition coefficient (Wildman–Crippen LogP) is -0.565. The summed E-state index contributed by atoms with van der Waals surface area (Å²) in [5, 5.41) is 64.6. The van der Waals surface area contributed by atoms with Crippen molar-refractivity contribution >= 4 is 11.9 Å². The van der Waals surface area contributed by atoms with E-state index in [2.05, 4.69) is 0 Å². The van der Waals surface area contributed by atoms with Crippen LogP contribution in [0.25, 0.3) is 0 Å². The van der Waals surface area contributed by atoms with Crippen LogP contribution in [0.1, 0.15) is 52.4 Å². The Hall–Kier alpha value is -1.30. The lowest BCUT2D eigenvalue weighted by atomic mass is 9.97. The SMILES string of the molecule is CC(C)(CO)CO.O=C(O)CCCCC(=O)O.OCCCCO.OCCO. The molecule has 8 N–H and O–H groups in total. The van der Waals surface area contributed by atoms with Gasteiger partial charge < -0.3 is 40.9 Å². The standard InChI is InChI=1S/C6H10O4.C5H12O2.C4H10O2.C2H6O2/c7-5(8)3-1-2-4-6(9)10;1-5(2,3-6)4-7;5-3-1-2-4-6;3-1-2-4/h1-4H2,(H,7,8)(H,9,10);6-7H,3-4H2,1-2H3;5-6H,1-4H2;3-4H,1-2H2. The van der Waals surface area contributed by atoms with E-state index in [0.717, 1.165) is 12.8 Å². The molecule has 0 rings (SSSR count). The summed E-state index contributed by atoms with van der Waals surface area (Å²) in [5.41, 5.74) is -0.306. The second-order valence-electron chi connectivity index (χ2n) is 6.08. The topological polar surface area (TPSA) is 196 Å². The summed E-state index contributed by atoms with van der Waals surface area (Å²) in [6, 6.07) is 0. The Balaban J connectivity index is -0.000000138. The smallest absolute Gasteiger partial charge is 0.303 e. The number of carbonyl (C=O) groups is 2. The van der Waals surface area contributed by atoms with Crippen molar-refractivity contribution in [3.8, 4) is 0 Å². The van der Waals surface area contributed by atoms with Crippen LogP contribution < -0.4 is 0 Å². The third-order valence-electron chi connectivity index (χ3n) is 2.55. The van der Waals surface area contributed by atoms with Gasteiger partial charge in [-0.2, -0.15) is 0 Å². The van der Waals surface area contributed by atoms with Crippen LogP contribution in [-0.2, 0) is 9.59 Å². The molecule has 0 amide bonds. The molecule has 10 heteroatoms. The first-order valence-corrected chi connectivity index (χ1v) is 8.67. The zero-order valence-corrected chi connectivity index (χ0v) is 16.4. The Kier molecular flexibility index (Phi) is 33.2. The maximum absolute atomic E-state index is 9.90. The maximum Gasteiger partial charge on any atom is 0.303 e. The number of hydrogen-bond donors (Lipinski definition) is 8. The highest BCUT2D eigenvalue weighted by Gasteiger charge is 2.13. The quantitative estimate of drug-likeness (QED) is 0.207. The molecule has 0 spiro atoms. The van der Waals surface area contributed by atoms with Crippen LogP contribution in [0.4, 0.5) is 0 Å². The van der Waals surface area contributed by atoms with Gasteiger partial charge in [-0.25, -0.2) is 0 Å². The number of unbranched alkanes of at least 4 members (excludes halogenated alkanes) is 2. The van der Waals surface area contributed by atoms with E-state index < -0.39 is 11.9 Å². The van der Waals surface area contributed by atoms with Gasteiger partial charge in [0.05, 0.1) is 26.4 Å². The molecular formula is C17H38O10. The molecule has 0 aliphatic heterocycles. The first-order chi connectivity index (χ1) is 12.6. The van der Waals surface area contributed by atoms with Gasteiger partial charge in [0.25, 0.3) is 0 Å². The molecule has 0 saturated heterocycles. The van der Waals surface area contributed by atoms with Crippen molar-refractivity contribution in [1.29, 1.82) is 0 Å². The van der Waals surface area contributed by atoms with E-state index in [-0.39, 0.29) is 57.9 Å². The number of carboxylic acid groups (broad SMARTS) is 2. The first-order valence-electron chi connectivity index (χ1n) is 8.67. The number of aliphatic carboxylic acids is 2. The fourth-order valence-corrected chi connectivity index (χ4v) is 0.826. The third-order valence-corrected chi connectivity index (χ3v) is 2.55. The molecule has 10 nitrogen and oxygen atoms in total. The molecule has 0 heterocycles. The van der Waals surface area contributed by atoms with E-state index in [1.54, 1.807) is 13.8 Å². The minimum Gasteiger partial charge on any atom is -0.481 e. The van der Waals surface area contributed by atoms with Crippen LogP contribution in [0.2, 0.25) is 0 Å². The van der Waals surface area contributed by atoms with E-state index in [1.807, 2.05) is 0 Å². The third kappa shape index (κ3) is 51.6. The normalized spacial score (nSPS) is 9.63. The minimum atomic E-state index is -0.870. The van der Waals surface area contributed by atoms with Gasteiger partial charge in [0.2, 0.25) is 0 Å². The van der Waals surface area contributed by atoms with Gasteiger partial charge in [-0.3, -0.25) is 9.59 Å². The van der Waals surface area contributed by atoms with Crippen LogP contribution in [0.5, 0.6) is 0 Å². The summed E-state index contributed by atoms with van der Waals surface area (Å²) in [4.78, 5) is 19.8. The molecule has 0 unspecified atom stereocenters. The zero-order valence-electron chi connectivity index (χ0n) is 16.4. The van der Waals surface area contributed by atoms with Crippen LogP contribution in [0, 0.1) is 5.41 Å².